The van der Waals surface area contributed by atoms with Crippen molar-refractivity contribution in [1.29, 1.82) is 0 Å². The van der Waals surface area contributed by atoms with E-state index in [9.17, 15) is 9.59 Å². The summed E-state index contributed by atoms with van der Waals surface area (Å²) in [5, 5.41) is 8.82. The lowest BCUT2D eigenvalue weighted by molar-refractivity contribution is -0.154. The normalized spacial score (nSPS) is 20.1. The Kier molecular flexibility index (Phi) is 5.17. The van der Waals surface area contributed by atoms with Crippen LogP contribution in [0.5, 0.6) is 0 Å². The van der Waals surface area contributed by atoms with Gasteiger partial charge in [-0.05, 0) is 0 Å². The molecule has 0 bridgehead atoms. The van der Waals surface area contributed by atoms with Crippen LogP contribution >= 0.6 is 0 Å². The number of likely N-dealkylation sites (N-methyl/N-ethyl adjacent to an activating group) is 1. The summed E-state index contributed by atoms with van der Waals surface area (Å²) in [6.07, 6.45) is -0.927. The van der Waals surface area contributed by atoms with Crippen molar-refractivity contribution < 1.29 is 24.2 Å². The number of carbonyl (C=O) groups excluding carboxylic acids is 1. The summed E-state index contributed by atoms with van der Waals surface area (Å²) in [5.74, 6) is -1.04. The molecule has 2 amide bonds. The number of carbonyl (C=O) groups is 2. The van der Waals surface area contributed by atoms with E-state index in [1.807, 2.05) is 0 Å². The van der Waals surface area contributed by atoms with E-state index in [1.54, 1.807) is 14.2 Å². The maximum Gasteiger partial charge on any atom is 0.334 e. The van der Waals surface area contributed by atoms with E-state index in [4.69, 9.17) is 14.6 Å². The molecule has 0 aromatic rings. The fourth-order valence-electron chi connectivity index (χ4n) is 1.54. The van der Waals surface area contributed by atoms with Gasteiger partial charge in [-0.15, -0.1) is 0 Å². The van der Waals surface area contributed by atoms with Gasteiger partial charge < -0.3 is 24.4 Å². The Labute approximate surface area is 99.9 Å². The molecule has 1 unspecified atom stereocenters. The number of rotatable bonds is 4. The van der Waals surface area contributed by atoms with Crippen LogP contribution in [0.25, 0.3) is 0 Å². The zero-order valence-electron chi connectivity index (χ0n) is 10.1. The Bertz CT molecular complexity index is 284. The molecule has 17 heavy (non-hydrogen) atoms. The van der Waals surface area contributed by atoms with Crippen LogP contribution in [0.2, 0.25) is 0 Å². The van der Waals surface area contributed by atoms with Gasteiger partial charge in [0.1, 0.15) is 0 Å². The van der Waals surface area contributed by atoms with Crippen LogP contribution in [0.3, 0.4) is 0 Å². The zero-order chi connectivity index (χ0) is 12.8. The predicted molar refractivity (Wildman–Crippen MR) is 58.9 cm³/mol. The van der Waals surface area contributed by atoms with Gasteiger partial charge in [-0.1, -0.05) is 0 Å². The average molecular weight is 246 g/mol. The predicted octanol–water partition coefficient (Wildman–Crippen LogP) is -0.530. The number of urea groups is 1. The number of methoxy groups -OCH3 is 1. The third-order valence-corrected chi connectivity index (χ3v) is 2.57. The zero-order valence-corrected chi connectivity index (χ0v) is 10.1. The molecule has 1 saturated heterocycles. The van der Waals surface area contributed by atoms with Crippen LogP contribution in [0, 0.1) is 0 Å². The van der Waals surface area contributed by atoms with E-state index in [0.717, 1.165) is 0 Å². The van der Waals surface area contributed by atoms with Gasteiger partial charge in [0, 0.05) is 27.2 Å². The van der Waals surface area contributed by atoms with Crippen molar-refractivity contribution in [2.24, 2.45) is 0 Å². The summed E-state index contributed by atoms with van der Waals surface area (Å²) in [6, 6.07) is -0.198. The molecule has 1 heterocycles. The molecule has 1 N–H and O–H groups in total. The van der Waals surface area contributed by atoms with Crippen molar-refractivity contribution in [3.8, 4) is 0 Å². The number of carboxylic acid groups (broad SMARTS) is 1. The molecule has 0 aliphatic carbocycles. The highest BCUT2D eigenvalue weighted by molar-refractivity contribution is 5.77. The maximum atomic E-state index is 11.9. The smallest absolute Gasteiger partial charge is 0.334 e. The van der Waals surface area contributed by atoms with E-state index >= 15 is 0 Å². The molecule has 7 heteroatoms. The second-order valence-electron chi connectivity index (χ2n) is 3.84. The molecule has 1 fully saturated rings. The van der Waals surface area contributed by atoms with Gasteiger partial charge >= 0.3 is 12.0 Å². The van der Waals surface area contributed by atoms with Crippen molar-refractivity contribution in [2.45, 2.75) is 6.10 Å². The van der Waals surface area contributed by atoms with Gasteiger partial charge in [0.2, 0.25) is 0 Å². The van der Waals surface area contributed by atoms with E-state index in [-0.39, 0.29) is 19.2 Å². The minimum Gasteiger partial charge on any atom is -0.479 e. The highest BCUT2D eigenvalue weighted by atomic mass is 16.5. The van der Waals surface area contributed by atoms with Crippen LogP contribution in [-0.2, 0) is 14.3 Å². The first-order valence-corrected chi connectivity index (χ1v) is 5.39. The summed E-state index contributed by atoms with van der Waals surface area (Å²) in [4.78, 5) is 25.7. The summed E-state index contributed by atoms with van der Waals surface area (Å²) >= 11 is 0. The number of aliphatic carboxylic acids is 1. The van der Waals surface area contributed by atoms with E-state index in [0.29, 0.717) is 19.7 Å². The summed E-state index contributed by atoms with van der Waals surface area (Å²) in [5.41, 5.74) is 0. The second kappa shape index (κ2) is 6.41. The Morgan fingerprint density at radius 2 is 2.29 bits per heavy atom. The molecule has 1 aliphatic heterocycles. The van der Waals surface area contributed by atoms with Crippen LogP contribution in [0.1, 0.15) is 0 Å². The van der Waals surface area contributed by atoms with Gasteiger partial charge in [0.15, 0.2) is 6.10 Å². The molecular formula is C10H18N2O5. The Morgan fingerprint density at radius 3 is 2.88 bits per heavy atom. The Hall–Kier alpha value is -1.34. The van der Waals surface area contributed by atoms with Gasteiger partial charge in [-0.3, -0.25) is 0 Å². The fourth-order valence-corrected chi connectivity index (χ4v) is 1.54. The molecule has 0 radical (unpaired) electrons. The highest BCUT2D eigenvalue weighted by Gasteiger charge is 2.30. The quantitative estimate of drug-likeness (QED) is 0.721. The number of amides is 2. The van der Waals surface area contributed by atoms with Crippen molar-refractivity contribution in [2.75, 3.05) is 47.0 Å². The van der Waals surface area contributed by atoms with Crippen LogP contribution in [0.15, 0.2) is 0 Å². The molecule has 0 aromatic carbocycles. The fraction of sp³-hybridized carbons (Fsp3) is 0.800. The number of carboxylic acids is 1. The van der Waals surface area contributed by atoms with Crippen molar-refractivity contribution in [3.63, 3.8) is 0 Å². The first-order chi connectivity index (χ1) is 8.06. The molecule has 0 aromatic heterocycles. The first kappa shape index (κ1) is 13.7. The number of nitrogens with zero attached hydrogens (tertiary/aromatic N) is 2. The van der Waals surface area contributed by atoms with Crippen molar-refractivity contribution in [3.05, 3.63) is 0 Å². The van der Waals surface area contributed by atoms with Gasteiger partial charge in [0.25, 0.3) is 0 Å². The maximum absolute atomic E-state index is 11.9. The highest BCUT2D eigenvalue weighted by Crippen LogP contribution is 2.07. The van der Waals surface area contributed by atoms with Crippen LogP contribution in [0.4, 0.5) is 4.79 Å². The third kappa shape index (κ3) is 3.86. The molecule has 0 saturated carbocycles. The van der Waals surface area contributed by atoms with Crippen molar-refractivity contribution >= 4 is 12.0 Å². The Balaban J connectivity index is 2.48. The van der Waals surface area contributed by atoms with Gasteiger partial charge in [-0.25, -0.2) is 9.59 Å². The molecule has 7 nitrogen and oxygen atoms in total. The van der Waals surface area contributed by atoms with Crippen LogP contribution < -0.4 is 0 Å². The minimum absolute atomic E-state index is 0.0888. The van der Waals surface area contributed by atoms with E-state index in [1.165, 1.54) is 9.80 Å². The monoisotopic (exact) mass is 246 g/mol. The lowest BCUT2D eigenvalue weighted by atomic mass is 10.3. The number of morpholine rings is 1. The number of hydrogen-bond acceptors (Lipinski definition) is 4. The topological polar surface area (TPSA) is 79.3 Å². The largest absolute Gasteiger partial charge is 0.479 e. The molecule has 98 valence electrons. The van der Waals surface area contributed by atoms with Gasteiger partial charge in [-0.2, -0.15) is 0 Å². The SMILES string of the molecule is COCCN(C)C(=O)N1CCOC(C(=O)O)C1. The molecule has 0 spiro atoms. The average Bonchev–Trinajstić information content (AvgIpc) is 2.35. The number of ether oxygens (including phenoxy) is 2. The lowest BCUT2D eigenvalue weighted by Crippen LogP contribution is -2.52. The van der Waals surface area contributed by atoms with Gasteiger partial charge in [0.05, 0.1) is 19.8 Å². The van der Waals surface area contributed by atoms with E-state index < -0.39 is 12.1 Å². The summed E-state index contributed by atoms with van der Waals surface area (Å²) in [7, 11) is 3.22. The van der Waals surface area contributed by atoms with Crippen molar-refractivity contribution in [1.82, 2.24) is 9.80 Å². The second-order valence-corrected chi connectivity index (χ2v) is 3.84. The first-order valence-electron chi connectivity index (χ1n) is 5.39. The summed E-state index contributed by atoms with van der Waals surface area (Å²) < 4.78 is 9.92. The third-order valence-electron chi connectivity index (χ3n) is 2.57. The molecular weight excluding hydrogens is 228 g/mol. The molecule has 1 rings (SSSR count). The molecule has 1 aliphatic rings. The summed E-state index contributed by atoms with van der Waals surface area (Å²) in [6.45, 7) is 1.69. The standard InChI is InChI=1S/C10H18N2O5/c1-11(3-5-16-2)10(15)12-4-6-17-8(7-12)9(13)14/h8H,3-7H2,1-2H3,(H,13,14). The lowest BCUT2D eigenvalue weighted by Gasteiger charge is -2.33. The number of hydrogen-bond donors (Lipinski definition) is 1. The molecule has 1 atom stereocenters. The van der Waals surface area contributed by atoms with E-state index in [2.05, 4.69) is 0 Å². The minimum atomic E-state index is -1.04. The Morgan fingerprint density at radius 1 is 1.59 bits per heavy atom. The van der Waals surface area contributed by atoms with Crippen LogP contribution in [-0.4, -0.2) is 80.0 Å².